The van der Waals surface area contributed by atoms with Gasteiger partial charge in [-0.25, -0.2) is 0 Å². The summed E-state index contributed by atoms with van der Waals surface area (Å²) in [6.45, 7) is 4.37. The van der Waals surface area contributed by atoms with Crippen LogP contribution in [0.15, 0.2) is 0 Å². The highest BCUT2D eigenvalue weighted by Crippen LogP contribution is 2.51. The molecule has 2 rings (SSSR count). The van der Waals surface area contributed by atoms with E-state index < -0.39 is 12.2 Å². The van der Waals surface area contributed by atoms with Gasteiger partial charge in [0.1, 0.15) is 0 Å². The topological polar surface area (TPSA) is 40.5 Å². The van der Waals surface area contributed by atoms with Gasteiger partial charge < -0.3 is 10.2 Å². The molecule has 0 radical (unpaired) electrons. The fourth-order valence-electron chi connectivity index (χ4n) is 2.93. The van der Waals surface area contributed by atoms with Gasteiger partial charge >= 0.3 is 0 Å². The van der Waals surface area contributed by atoms with Crippen molar-refractivity contribution in [2.45, 2.75) is 32.5 Å². The van der Waals surface area contributed by atoms with E-state index in [0.29, 0.717) is 23.7 Å². The Hall–Kier alpha value is -0.0800. The molecule has 2 bridgehead atoms. The molecule has 0 aromatic carbocycles. The second kappa shape index (κ2) is 2.20. The lowest BCUT2D eigenvalue weighted by molar-refractivity contribution is -0.0497. The maximum Gasteiger partial charge on any atom is 0.0832 e. The predicted octanol–water partition coefficient (Wildman–Crippen LogP) is 0.630. The molecule has 0 aromatic heterocycles. The highest BCUT2D eigenvalue weighted by molar-refractivity contribution is 5.03. The Kier molecular flexibility index (Phi) is 1.52. The minimum atomic E-state index is -0.439. The predicted molar refractivity (Wildman–Crippen MR) is 41.9 cm³/mol. The van der Waals surface area contributed by atoms with Gasteiger partial charge in [-0.3, -0.25) is 0 Å². The van der Waals surface area contributed by atoms with E-state index in [1.807, 2.05) is 0 Å². The van der Waals surface area contributed by atoms with Gasteiger partial charge in [0.05, 0.1) is 12.2 Å². The standard InChI is InChI=1S/C9H16O2/c1-4-5(2)7-3-6(4)8(10)9(7)11/h4-11H,3H2,1-2H3. The van der Waals surface area contributed by atoms with Gasteiger partial charge in [0.2, 0.25) is 0 Å². The van der Waals surface area contributed by atoms with Crippen LogP contribution in [-0.4, -0.2) is 22.4 Å². The minimum Gasteiger partial charge on any atom is -0.390 e. The van der Waals surface area contributed by atoms with E-state index in [1.54, 1.807) is 0 Å². The number of rotatable bonds is 0. The molecule has 2 nitrogen and oxygen atoms in total. The van der Waals surface area contributed by atoms with Crippen LogP contribution < -0.4 is 0 Å². The van der Waals surface area contributed by atoms with Crippen LogP contribution in [0.5, 0.6) is 0 Å². The summed E-state index contributed by atoms with van der Waals surface area (Å²) in [5.74, 6) is 1.92. The normalized spacial score (nSPS) is 62.2. The molecule has 0 spiro atoms. The molecule has 64 valence electrons. The second-order valence-corrected chi connectivity index (χ2v) is 4.26. The summed E-state index contributed by atoms with van der Waals surface area (Å²) in [5, 5.41) is 19.1. The fourth-order valence-corrected chi connectivity index (χ4v) is 2.93. The number of hydrogen-bond acceptors (Lipinski definition) is 2. The maximum absolute atomic E-state index is 9.53. The first-order valence-electron chi connectivity index (χ1n) is 4.49. The van der Waals surface area contributed by atoms with Crippen molar-refractivity contribution in [3.05, 3.63) is 0 Å². The van der Waals surface area contributed by atoms with E-state index in [9.17, 15) is 10.2 Å². The Morgan fingerprint density at radius 1 is 0.909 bits per heavy atom. The average molecular weight is 156 g/mol. The molecule has 2 N–H and O–H groups in total. The van der Waals surface area contributed by atoms with E-state index in [4.69, 9.17) is 0 Å². The Balaban J connectivity index is 2.21. The zero-order valence-corrected chi connectivity index (χ0v) is 7.07. The Labute approximate surface area is 67.2 Å². The van der Waals surface area contributed by atoms with Crippen molar-refractivity contribution >= 4 is 0 Å². The van der Waals surface area contributed by atoms with E-state index in [0.717, 1.165) is 6.42 Å². The van der Waals surface area contributed by atoms with Gasteiger partial charge in [-0.2, -0.15) is 0 Å². The van der Waals surface area contributed by atoms with E-state index in [2.05, 4.69) is 13.8 Å². The highest BCUT2D eigenvalue weighted by Gasteiger charge is 2.53. The van der Waals surface area contributed by atoms with Crippen LogP contribution in [0.4, 0.5) is 0 Å². The first-order valence-corrected chi connectivity index (χ1v) is 4.49. The molecule has 6 unspecified atom stereocenters. The highest BCUT2D eigenvalue weighted by atomic mass is 16.3. The summed E-state index contributed by atoms with van der Waals surface area (Å²) in [6, 6.07) is 0. The van der Waals surface area contributed by atoms with Crippen molar-refractivity contribution in [3.63, 3.8) is 0 Å². The molecule has 2 heteroatoms. The minimum absolute atomic E-state index is 0.366. The summed E-state index contributed by atoms with van der Waals surface area (Å²) in [7, 11) is 0. The molecular weight excluding hydrogens is 140 g/mol. The molecular formula is C9H16O2. The Morgan fingerprint density at radius 2 is 1.27 bits per heavy atom. The Bertz CT molecular complexity index is 135. The lowest BCUT2D eigenvalue weighted by Crippen LogP contribution is -2.39. The van der Waals surface area contributed by atoms with Crippen molar-refractivity contribution in [1.82, 2.24) is 0 Å². The molecule has 2 saturated carbocycles. The molecule has 11 heavy (non-hydrogen) atoms. The lowest BCUT2D eigenvalue weighted by Gasteiger charge is -2.32. The number of aliphatic hydroxyl groups excluding tert-OH is 2. The molecule has 0 saturated heterocycles. The van der Waals surface area contributed by atoms with Gasteiger partial charge in [-0.1, -0.05) is 13.8 Å². The van der Waals surface area contributed by atoms with Gasteiger partial charge in [-0.05, 0) is 30.1 Å². The van der Waals surface area contributed by atoms with Gasteiger partial charge in [0.25, 0.3) is 0 Å². The van der Waals surface area contributed by atoms with Gasteiger partial charge in [-0.15, -0.1) is 0 Å². The molecule has 0 aliphatic heterocycles. The van der Waals surface area contributed by atoms with E-state index in [1.165, 1.54) is 0 Å². The fraction of sp³-hybridized carbons (Fsp3) is 1.00. The maximum atomic E-state index is 9.53. The molecule has 6 atom stereocenters. The SMILES string of the molecule is CC1C(C)C2CC1C(O)C2O. The summed E-state index contributed by atoms with van der Waals surface area (Å²) < 4.78 is 0. The first-order chi connectivity index (χ1) is 5.13. The van der Waals surface area contributed by atoms with Crippen LogP contribution in [0, 0.1) is 23.7 Å². The summed E-state index contributed by atoms with van der Waals surface area (Å²) >= 11 is 0. The smallest absolute Gasteiger partial charge is 0.0832 e. The lowest BCUT2D eigenvalue weighted by atomic mass is 9.79. The van der Waals surface area contributed by atoms with E-state index in [-0.39, 0.29) is 0 Å². The largest absolute Gasteiger partial charge is 0.390 e. The monoisotopic (exact) mass is 156 g/mol. The molecule has 0 aromatic rings. The van der Waals surface area contributed by atoms with Crippen LogP contribution in [-0.2, 0) is 0 Å². The van der Waals surface area contributed by atoms with Crippen molar-refractivity contribution < 1.29 is 10.2 Å². The summed E-state index contributed by atoms with van der Waals surface area (Å²) in [4.78, 5) is 0. The van der Waals surface area contributed by atoms with Crippen molar-refractivity contribution in [2.24, 2.45) is 23.7 Å². The van der Waals surface area contributed by atoms with Crippen LogP contribution in [0.1, 0.15) is 20.3 Å². The van der Waals surface area contributed by atoms with Crippen LogP contribution in [0.25, 0.3) is 0 Å². The first kappa shape index (κ1) is 7.56. The third-order valence-electron chi connectivity index (χ3n) is 3.95. The third-order valence-corrected chi connectivity index (χ3v) is 3.95. The summed E-state index contributed by atoms with van der Waals surface area (Å²) in [5.41, 5.74) is 0. The molecule has 2 aliphatic carbocycles. The average Bonchev–Trinajstić information content (AvgIpc) is 2.40. The van der Waals surface area contributed by atoms with Crippen molar-refractivity contribution in [3.8, 4) is 0 Å². The molecule has 2 aliphatic rings. The van der Waals surface area contributed by atoms with Crippen LogP contribution in [0.3, 0.4) is 0 Å². The molecule has 0 heterocycles. The van der Waals surface area contributed by atoms with Crippen LogP contribution in [0.2, 0.25) is 0 Å². The zero-order valence-electron chi connectivity index (χ0n) is 7.07. The quantitative estimate of drug-likeness (QED) is 0.540. The Morgan fingerprint density at radius 3 is 1.55 bits per heavy atom. The second-order valence-electron chi connectivity index (χ2n) is 4.26. The van der Waals surface area contributed by atoms with Gasteiger partial charge in [0, 0.05) is 0 Å². The summed E-state index contributed by atoms with van der Waals surface area (Å²) in [6.07, 6.45) is 0.155. The number of aliphatic hydroxyl groups is 2. The molecule has 0 amide bonds. The van der Waals surface area contributed by atoms with Crippen LogP contribution >= 0.6 is 0 Å². The number of hydrogen-bond donors (Lipinski definition) is 2. The van der Waals surface area contributed by atoms with Crippen molar-refractivity contribution in [1.29, 1.82) is 0 Å². The molecule has 2 fully saturated rings. The zero-order chi connectivity index (χ0) is 8.17. The number of fused-ring (bicyclic) bond motifs is 2. The van der Waals surface area contributed by atoms with Gasteiger partial charge in [0.15, 0.2) is 0 Å². The van der Waals surface area contributed by atoms with E-state index >= 15 is 0 Å². The third kappa shape index (κ3) is 0.798. The van der Waals surface area contributed by atoms with Crippen molar-refractivity contribution in [2.75, 3.05) is 0 Å².